The molecule has 0 fully saturated rings. The van der Waals surface area contributed by atoms with Gasteiger partial charge in [-0.05, 0) is 44.2 Å². The summed E-state index contributed by atoms with van der Waals surface area (Å²) in [5.74, 6) is -0.435. The Morgan fingerprint density at radius 3 is 2.28 bits per heavy atom. The lowest BCUT2D eigenvalue weighted by Gasteiger charge is -2.25. The normalized spacial score (nSPS) is 11.1. The molecule has 1 amide bonds. The van der Waals surface area contributed by atoms with E-state index >= 15 is 0 Å². The number of nitrogens with zero attached hydrogens (tertiary/aromatic N) is 2. The molecule has 0 aromatic heterocycles. The summed E-state index contributed by atoms with van der Waals surface area (Å²) in [4.78, 5) is 24.1. The Morgan fingerprint density at radius 2 is 1.76 bits per heavy atom. The summed E-state index contributed by atoms with van der Waals surface area (Å²) in [7, 11) is 0. The van der Waals surface area contributed by atoms with Gasteiger partial charge < -0.3 is 15.0 Å². The molecular weight excluding hydrogens is 391 g/mol. The number of anilines is 2. The van der Waals surface area contributed by atoms with Crippen molar-refractivity contribution in [3.8, 4) is 5.75 Å². The zero-order valence-electron chi connectivity index (χ0n) is 15.8. The highest BCUT2D eigenvalue weighted by Gasteiger charge is 2.31. The fraction of sp³-hybridized carbons (Fsp3) is 0.316. The molecule has 7 nitrogen and oxygen atoms in total. The molecule has 0 saturated carbocycles. The SMILES string of the molecule is CCN(CC)c1ccc(C(F)(F)F)cc1NC(=O)COc1ccc([N+](=O)[O-])cc1. The van der Waals surface area contributed by atoms with E-state index in [9.17, 15) is 28.1 Å². The van der Waals surface area contributed by atoms with E-state index in [-0.39, 0.29) is 17.1 Å². The third kappa shape index (κ3) is 5.84. The van der Waals surface area contributed by atoms with Crippen molar-refractivity contribution in [1.82, 2.24) is 0 Å². The van der Waals surface area contributed by atoms with Gasteiger partial charge in [0.25, 0.3) is 11.6 Å². The average Bonchev–Trinajstić information content (AvgIpc) is 2.67. The highest BCUT2D eigenvalue weighted by atomic mass is 19.4. The summed E-state index contributed by atoms with van der Waals surface area (Å²) in [5, 5.41) is 13.1. The zero-order valence-corrected chi connectivity index (χ0v) is 15.8. The fourth-order valence-corrected chi connectivity index (χ4v) is 2.65. The van der Waals surface area contributed by atoms with E-state index in [0.29, 0.717) is 18.8 Å². The number of carbonyl (C=O) groups is 1. The average molecular weight is 411 g/mol. The van der Waals surface area contributed by atoms with Crippen LogP contribution in [0.4, 0.5) is 30.2 Å². The second-order valence-electron chi connectivity index (χ2n) is 5.99. The standard InChI is InChI=1S/C19H20F3N3O4/c1-3-24(4-2)17-10-5-13(19(20,21)22)11-16(17)23-18(26)12-29-15-8-6-14(7-9-15)25(27)28/h5-11H,3-4,12H2,1-2H3,(H,23,26). The predicted molar refractivity (Wildman–Crippen MR) is 102 cm³/mol. The van der Waals surface area contributed by atoms with Gasteiger partial charge in [0.15, 0.2) is 6.61 Å². The number of hydrogen-bond acceptors (Lipinski definition) is 5. The van der Waals surface area contributed by atoms with Gasteiger partial charge in [0.1, 0.15) is 5.75 Å². The van der Waals surface area contributed by atoms with E-state index in [2.05, 4.69) is 5.32 Å². The Labute approximate surface area is 165 Å². The number of amides is 1. The van der Waals surface area contributed by atoms with E-state index in [0.717, 1.165) is 12.1 Å². The van der Waals surface area contributed by atoms with Gasteiger partial charge in [0, 0.05) is 25.2 Å². The van der Waals surface area contributed by atoms with Crippen LogP contribution in [0.15, 0.2) is 42.5 Å². The molecule has 1 N–H and O–H groups in total. The molecule has 2 rings (SSSR count). The number of carbonyl (C=O) groups excluding carboxylic acids is 1. The Balaban J connectivity index is 2.15. The third-order valence-electron chi connectivity index (χ3n) is 4.12. The number of benzene rings is 2. The van der Waals surface area contributed by atoms with Crippen molar-refractivity contribution in [3.63, 3.8) is 0 Å². The number of halogens is 3. The lowest BCUT2D eigenvalue weighted by molar-refractivity contribution is -0.384. The Morgan fingerprint density at radius 1 is 1.14 bits per heavy atom. The number of hydrogen-bond donors (Lipinski definition) is 1. The molecular formula is C19H20F3N3O4. The molecule has 29 heavy (non-hydrogen) atoms. The van der Waals surface area contributed by atoms with Gasteiger partial charge in [-0.2, -0.15) is 13.2 Å². The van der Waals surface area contributed by atoms with Crippen molar-refractivity contribution < 1.29 is 27.6 Å². The van der Waals surface area contributed by atoms with Gasteiger partial charge in [-0.1, -0.05) is 0 Å². The molecule has 2 aromatic carbocycles. The number of alkyl halides is 3. The van der Waals surface area contributed by atoms with Crippen LogP contribution in [-0.2, 0) is 11.0 Å². The minimum atomic E-state index is -4.55. The van der Waals surface area contributed by atoms with Crippen LogP contribution in [0.2, 0.25) is 0 Å². The van der Waals surface area contributed by atoms with Crippen LogP contribution in [0.5, 0.6) is 5.75 Å². The van der Waals surface area contributed by atoms with Crippen LogP contribution in [-0.4, -0.2) is 30.5 Å². The molecule has 0 unspecified atom stereocenters. The lowest BCUT2D eigenvalue weighted by Crippen LogP contribution is -2.26. The molecule has 156 valence electrons. The van der Waals surface area contributed by atoms with Gasteiger partial charge in [0.05, 0.1) is 21.9 Å². The summed E-state index contributed by atoms with van der Waals surface area (Å²) in [6.07, 6.45) is -4.55. The van der Waals surface area contributed by atoms with Gasteiger partial charge >= 0.3 is 6.18 Å². The highest BCUT2D eigenvalue weighted by molar-refractivity contribution is 5.95. The minimum absolute atomic E-state index is 0.0285. The van der Waals surface area contributed by atoms with Crippen molar-refractivity contribution >= 4 is 23.0 Å². The van der Waals surface area contributed by atoms with Gasteiger partial charge in [0.2, 0.25) is 0 Å². The molecule has 10 heteroatoms. The first-order valence-corrected chi connectivity index (χ1v) is 8.79. The maximum Gasteiger partial charge on any atom is 0.416 e. The number of ether oxygens (including phenoxy) is 1. The second-order valence-corrected chi connectivity index (χ2v) is 5.99. The van der Waals surface area contributed by atoms with Crippen LogP contribution in [0.1, 0.15) is 19.4 Å². The summed E-state index contributed by atoms with van der Waals surface area (Å²) < 4.78 is 44.4. The lowest BCUT2D eigenvalue weighted by atomic mass is 10.1. The molecule has 0 atom stereocenters. The van der Waals surface area contributed by atoms with E-state index in [4.69, 9.17) is 4.74 Å². The first-order valence-electron chi connectivity index (χ1n) is 8.79. The molecule has 0 radical (unpaired) electrons. The maximum absolute atomic E-state index is 13.1. The second kappa shape index (κ2) is 9.26. The first kappa shape index (κ1) is 22.0. The Hall–Kier alpha value is -3.30. The molecule has 2 aromatic rings. The first-order chi connectivity index (χ1) is 13.7. The van der Waals surface area contributed by atoms with Crippen LogP contribution in [0.3, 0.4) is 0 Å². The number of nitrogens with one attached hydrogen (secondary N) is 1. The summed E-state index contributed by atoms with van der Waals surface area (Å²) >= 11 is 0. The topological polar surface area (TPSA) is 84.7 Å². The van der Waals surface area contributed by atoms with E-state index in [1.165, 1.54) is 30.3 Å². The number of rotatable bonds is 8. The molecule has 0 saturated heterocycles. The van der Waals surface area contributed by atoms with Crippen molar-refractivity contribution in [3.05, 3.63) is 58.1 Å². The largest absolute Gasteiger partial charge is 0.484 e. The molecule has 0 spiro atoms. The van der Waals surface area contributed by atoms with Crippen molar-refractivity contribution in [2.24, 2.45) is 0 Å². The van der Waals surface area contributed by atoms with Crippen LogP contribution < -0.4 is 15.0 Å². The number of non-ortho nitro benzene ring substituents is 1. The molecule has 0 bridgehead atoms. The summed E-state index contributed by atoms with van der Waals surface area (Å²) in [5.41, 5.74) is -0.512. The van der Waals surface area contributed by atoms with E-state index in [1.54, 1.807) is 0 Å². The Bertz CT molecular complexity index is 866. The highest BCUT2D eigenvalue weighted by Crippen LogP contribution is 2.35. The van der Waals surface area contributed by atoms with E-state index < -0.39 is 29.2 Å². The van der Waals surface area contributed by atoms with Crippen LogP contribution >= 0.6 is 0 Å². The molecule has 0 heterocycles. The van der Waals surface area contributed by atoms with Crippen LogP contribution in [0, 0.1) is 10.1 Å². The van der Waals surface area contributed by atoms with Gasteiger partial charge in [-0.15, -0.1) is 0 Å². The summed E-state index contributed by atoms with van der Waals surface area (Å²) in [6, 6.07) is 8.28. The zero-order chi connectivity index (χ0) is 21.6. The predicted octanol–water partition coefficient (Wildman–Crippen LogP) is 4.48. The molecule has 0 aliphatic carbocycles. The smallest absolute Gasteiger partial charge is 0.416 e. The molecule has 0 aliphatic heterocycles. The number of nitro benzene ring substituents is 1. The van der Waals surface area contributed by atoms with Crippen molar-refractivity contribution in [2.45, 2.75) is 20.0 Å². The maximum atomic E-state index is 13.1. The monoisotopic (exact) mass is 411 g/mol. The number of nitro groups is 1. The van der Waals surface area contributed by atoms with Crippen molar-refractivity contribution in [1.29, 1.82) is 0 Å². The van der Waals surface area contributed by atoms with Gasteiger partial charge in [-0.3, -0.25) is 14.9 Å². The molecule has 0 aliphatic rings. The van der Waals surface area contributed by atoms with Gasteiger partial charge in [-0.25, -0.2) is 0 Å². The quantitative estimate of drug-likeness (QED) is 0.512. The summed E-state index contributed by atoms with van der Waals surface area (Å²) in [6.45, 7) is 4.33. The Kier molecular flexibility index (Phi) is 7.03. The van der Waals surface area contributed by atoms with E-state index in [1.807, 2.05) is 18.7 Å². The van der Waals surface area contributed by atoms with Crippen molar-refractivity contribution in [2.75, 3.05) is 29.9 Å². The minimum Gasteiger partial charge on any atom is -0.484 e. The fourth-order valence-electron chi connectivity index (χ4n) is 2.65. The van der Waals surface area contributed by atoms with Crippen LogP contribution in [0.25, 0.3) is 0 Å². The third-order valence-corrected chi connectivity index (χ3v) is 4.12.